The standard InChI is InChI=1S/C14H30N4O2/c1-15-14(17-12-13-6-4-10-20-13)16-7-5-8-18(2)9-11-19-3/h13H,4-12H2,1-3H3,(H2,15,16,17). The van der Waals surface area contributed by atoms with Crippen LogP contribution in [0.4, 0.5) is 0 Å². The van der Waals surface area contributed by atoms with Crippen molar-refractivity contribution >= 4 is 5.96 Å². The molecule has 0 saturated carbocycles. The highest BCUT2D eigenvalue weighted by Crippen LogP contribution is 2.10. The molecule has 118 valence electrons. The topological polar surface area (TPSA) is 58.1 Å². The third-order valence-corrected chi connectivity index (χ3v) is 3.43. The molecule has 1 aliphatic heterocycles. The highest BCUT2D eigenvalue weighted by molar-refractivity contribution is 5.79. The second-order valence-corrected chi connectivity index (χ2v) is 5.16. The van der Waals surface area contributed by atoms with E-state index in [0.717, 1.165) is 58.2 Å². The van der Waals surface area contributed by atoms with Crippen LogP contribution in [0.3, 0.4) is 0 Å². The summed E-state index contributed by atoms with van der Waals surface area (Å²) in [6, 6.07) is 0. The summed E-state index contributed by atoms with van der Waals surface area (Å²) in [4.78, 5) is 6.49. The van der Waals surface area contributed by atoms with Crippen LogP contribution in [0.25, 0.3) is 0 Å². The minimum Gasteiger partial charge on any atom is -0.383 e. The number of nitrogens with zero attached hydrogens (tertiary/aromatic N) is 2. The zero-order valence-electron chi connectivity index (χ0n) is 13.2. The van der Waals surface area contributed by atoms with E-state index in [1.807, 2.05) is 0 Å². The summed E-state index contributed by atoms with van der Waals surface area (Å²) in [5.41, 5.74) is 0. The third-order valence-electron chi connectivity index (χ3n) is 3.43. The fourth-order valence-electron chi connectivity index (χ4n) is 2.15. The van der Waals surface area contributed by atoms with E-state index in [-0.39, 0.29) is 0 Å². The lowest BCUT2D eigenvalue weighted by molar-refractivity contribution is 0.114. The van der Waals surface area contributed by atoms with Crippen molar-refractivity contribution in [2.24, 2.45) is 4.99 Å². The smallest absolute Gasteiger partial charge is 0.191 e. The Morgan fingerprint density at radius 1 is 1.40 bits per heavy atom. The van der Waals surface area contributed by atoms with Gasteiger partial charge in [-0.05, 0) is 32.9 Å². The average molecular weight is 286 g/mol. The van der Waals surface area contributed by atoms with Crippen LogP contribution in [0.5, 0.6) is 0 Å². The summed E-state index contributed by atoms with van der Waals surface area (Å²) in [6.07, 6.45) is 3.75. The summed E-state index contributed by atoms with van der Waals surface area (Å²) in [5.74, 6) is 0.861. The summed E-state index contributed by atoms with van der Waals surface area (Å²) in [7, 11) is 5.65. The largest absolute Gasteiger partial charge is 0.383 e. The Hall–Kier alpha value is -0.850. The van der Waals surface area contributed by atoms with Gasteiger partial charge in [0.1, 0.15) is 0 Å². The Morgan fingerprint density at radius 2 is 2.25 bits per heavy atom. The van der Waals surface area contributed by atoms with Crippen molar-refractivity contribution in [3.05, 3.63) is 0 Å². The molecule has 1 rings (SSSR count). The summed E-state index contributed by atoms with van der Waals surface area (Å²) in [6.45, 7) is 5.47. The molecule has 2 N–H and O–H groups in total. The molecule has 0 bridgehead atoms. The number of hydrogen-bond acceptors (Lipinski definition) is 4. The molecule has 6 nitrogen and oxygen atoms in total. The normalized spacial score (nSPS) is 19.6. The van der Waals surface area contributed by atoms with Gasteiger partial charge in [-0.3, -0.25) is 4.99 Å². The van der Waals surface area contributed by atoms with E-state index >= 15 is 0 Å². The molecule has 1 saturated heterocycles. The van der Waals surface area contributed by atoms with Gasteiger partial charge in [0.2, 0.25) is 0 Å². The van der Waals surface area contributed by atoms with Gasteiger partial charge in [0, 0.05) is 40.4 Å². The number of aliphatic imine (C=N–C) groups is 1. The molecule has 1 heterocycles. The number of rotatable bonds is 9. The van der Waals surface area contributed by atoms with Crippen molar-refractivity contribution in [3.63, 3.8) is 0 Å². The molecular formula is C14H30N4O2. The number of methoxy groups -OCH3 is 1. The maximum Gasteiger partial charge on any atom is 0.191 e. The van der Waals surface area contributed by atoms with Gasteiger partial charge in [0.05, 0.1) is 12.7 Å². The molecule has 1 atom stereocenters. The quantitative estimate of drug-likeness (QED) is 0.363. The van der Waals surface area contributed by atoms with Crippen molar-refractivity contribution < 1.29 is 9.47 Å². The van der Waals surface area contributed by atoms with Crippen LogP contribution in [0.1, 0.15) is 19.3 Å². The van der Waals surface area contributed by atoms with Crippen LogP contribution in [-0.4, -0.2) is 77.6 Å². The van der Waals surface area contributed by atoms with Crippen LogP contribution in [0, 0.1) is 0 Å². The molecule has 0 aromatic heterocycles. The monoisotopic (exact) mass is 286 g/mol. The van der Waals surface area contributed by atoms with Gasteiger partial charge < -0.3 is 25.0 Å². The number of guanidine groups is 1. The minimum atomic E-state index is 0.341. The van der Waals surface area contributed by atoms with Crippen molar-refractivity contribution in [3.8, 4) is 0 Å². The summed E-state index contributed by atoms with van der Waals surface area (Å²) < 4.78 is 10.6. The van der Waals surface area contributed by atoms with Crippen LogP contribution in [-0.2, 0) is 9.47 Å². The first-order chi connectivity index (χ1) is 9.76. The molecule has 1 fully saturated rings. The number of ether oxygens (including phenoxy) is 2. The van der Waals surface area contributed by atoms with E-state index < -0.39 is 0 Å². The molecule has 0 aliphatic carbocycles. The van der Waals surface area contributed by atoms with Gasteiger partial charge in [-0.25, -0.2) is 0 Å². The van der Waals surface area contributed by atoms with Gasteiger partial charge in [-0.2, -0.15) is 0 Å². The van der Waals surface area contributed by atoms with E-state index in [0.29, 0.717) is 6.10 Å². The Bertz CT molecular complexity index is 268. The second kappa shape index (κ2) is 10.9. The minimum absolute atomic E-state index is 0.341. The first-order valence-corrected chi connectivity index (χ1v) is 7.50. The molecular weight excluding hydrogens is 256 g/mol. The second-order valence-electron chi connectivity index (χ2n) is 5.16. The zero-order valence-corrected chi connectivity index (χ0v) is 13.2. The first kappa shape index (κ1) is 17.2. The van der Waals surface area contributed by atoms with E-state index in [4.69, 9.17) is 9.47 Å². The Labute approximate surface area is 122 Å². The Morgan fingerprint density at radius 3 is 2.90 bits per heavy atom. The molecule has 20 heavy (non-hydrogen) atoms. The lowest BCUT2D eigenvalue weighted by Crippen LogP contribution is -2.41. The summed E-state index contributed by atoms with van der Waals surface area (Å²) >= 11 is 0. The van der Waals surface area contributed by atoms with E-state index in [1.54, 1.807) is 14.2 Å². The molecule has 1 unspecified atom stereocenters. The lowest BCUT2D eigenvalue weighted by Gasteiger charge is -2.17. The van der Waals surface area contributed by atoms with E-state index in [9.17, 15) is 0 Å². The predicted octanol–water partition coefficient (Wildman–Crippen LogP) is 0.299. The molecule has 1 aliphatic rings. The van der Waals surface area contributed by atoms with Crippen molar-refractivity contribution in [1.29, 1.82) is 0 Å². The highest BCUT2D eigenvalue weighted by Gasteiger charge is 2.15. The van der Waals surface area contributed by atoms with Gasteiger partial charge >= 0.3 is 0 Å². The lowest BCUT2D eigenvalue weighted by atomic mass is 10.2. The fraction of sp³-hybridized carbons (Fsp3) is 0.929. The number of likely N-dealkylation sites (N-methyl/N-ethyl adjacent to an activating group) is 1. The molecule has 0 spiro atoms. The average Bonchev–Trinajstić information content (AvgIpc) is 2.97. The number of hydrogen-bond donors (Lipinski definition) is 2. The molecule has 0 amide bonds. The third kappa shape index (κ3) is 7.67. The van der Waals surface area contributed by atoms with Crippen LogP contribution >= 0.6 is 0 Å². The fourth-order valence-corrected chi connectivity index (χ4v) is 2.15. The molecule has 6 heteroatoms. The SMILES string of the molecule is CN=C(NCCCN(C)CCOC)NCC1CCCO1. The number of nitrogens with one attached hydrogen (secondary N) is 2. The first-order valence-electron chi connectivity index (χ1n) is 7.50. The molecule has 0 aromatic carbocycles. The van der Waals surface area contributed by atoms with Gasteiger partial charge in [-0.15, -0.1) is 0 Å². The van der Waals surface area contributed by atoms with Crippen molar-refractivity contribution in [2.45, 2.75) is 25.4 Å². The maximum absolute atomic E-state index is 5.58. The van der Waals surface area contributed by atoms with E-state index in [1.165, 1.54) is 6.42 Å². The Balaban J connectivity index is 2.03. The Kier molecular flexibility index (Phi) is 9.36. The highest BCUT2D eigenvalue weighted by atomic mass is 16.5. The van der Waals surface area contributed by atoms with Crippen LogP contribution in [0.2, 0.25) is 0 Å². The van der Waals surface area contributed by atoms with Gasteiger partial charge in [-0.1, -0.05) is 0 Å². The summed E-state index contributed by atoms with van der Waals surface area (Å²) in [5, 5.41) is 6.64. The van der Waals surface area contributed by atoms with Crippen molar-refractivity contribution in [2.75, 3.05) is 60.6 Å². The van der Waals surface area contributed by atoms with Crippen molar-refractivity contribution in [1.82, 2.24) is 15.5 Å². The van der Waals surface area contributed by atoms with Crippen LogP contribution < -0.4 is 10.6 Å². The predicted molar refractivity (Wildman–Crippen MR) is 82.3 cm³/mol. The molecule has 0 radical (unpaired) electrons. The van der Waals surface area contributed by atoms with Gasteiger partial charge in [0.15, 0.2) is 5.96 Å². The van der Waals surface area contributed by atoms with Gasteiger partial charge in [0.25, 0.3) is 0 Å². The molecule has 0 aromatic rings. The maximum atomic E-state index is 5.58. The van der Waals surface area contributed by atoms with Crippen LogP contribution in [0.15, 0.2) is 4.99 Å². The van der Waals surface area contributed by atoms with E-state index in [2.05, 4.69) is 27.6 Å². The zero-order chi connectivity index (χ0) is 14.6.